The van der Waals surface area contributed by atoms with Crippen molar-refractivity contribution < 1.29 is 0 Å². The molecule has 0 spiro atoms. The van der Waals surface area contributed by atoms with Gasteiger partial charge in [0.1, 0.15) is 0 Å². The molecule has 1 atom stereocenters. The molecule has 3 nitrogen and oxygen atoms in total. The topological polar surface area (TPSA) is 53.8 Å². The second kappa shape index (κ2) is 4.50. The normalized spacial score (nSPS) is 13.2. The van der Waals surface area contributed by atoms with E-state index in [0.29, 0.717) is 12.6 Å². The van der Waals surface area contributed by atoms with E-state index < -0.39 is 0 Å². The summed E-state index contributed by atoms with van der Waals surface area (Å²) in [6.07, 6.45) is 1.77. The predicted molar refractivity (Wildman–Crippen MR) is 51.2 cm³/mol. The van der Waals surface area contributed by atoms with Crippen LogP contribution in [-0.4, -0.2) is 17.6 Å². The summed E-state index contributed by atoms with van der Waals surface area (Å²) in [4.78, 5) is 3.05. The fraction of sp³-hybridized carbons (Fsp3) is 0.500. The van der Waals surface area contributed by atoms with Gasteiger partial charge >= 0.3 is 0 Å². The van der Waals surface area contributed by atoms with E-state index in [1.54, 1.807) is 6.20 Å². The molecule has 0 aliphatic carbocycles. The minimum absolute atomic E-state index is 0.340. The molecular formula is C8H14ClN3. The summed E-state index contributed by atoms with van der Waals surface area (Å²) in [5.41, 5.74) is 6.53. The summed E-state index contributed by atoms with van der Waals surface area (Å²) in [5.74, 6) is 0. The number of rotatable bonds is 4. The highest BCUT2D eigenvalue weighted by Crippen LogP contribution is 2.08. The SMILES string of the molecule is C[C@@H](CN)NCc1cc(Cl)c[nH]1. The molecule has 12 heavy (non-hydrogen) atoms. The molecule has 0 aliphatic heterocycles. The largest absolute Gasteiger partial charge is 0.363 e. The van der Waals surface area contributed by atoms with Crippen LogP contribution in [0.1, 0.15) is 12.6 Å². The second-order valence-electron chi connectivity index (χ2n) is 2.86. The maximum Gasteiger partial charge on any atom is 0.0583 e. The zero-order chi connectivity index (χ0) is 8.97. The molecule has 0 aromatic carbocycles. The van der Waals surface area contributed by atoms with Crippen molar-refractivity contribution in [2.24, 2.45) is 5.73 Å². The van der Waals surface area contributed by atoms with Gasteiger partial charge in [-0.25, -0.2) is 0 Å². The molecule has 0 amide bonds. The van der Waals surface area contributed by atoms with Crippen molar-refractivity contribution in [1.82, 2.24) is 10.3 Å². The summed E-state index contributed by atoms with van der Waals surface area (Å²) in [7, 11) is 0. The van der Waals surface area contributed by atoms with Crippen LogP contribution in [0.4, 0.5) is 0 Å². The fourth-order valence-electron chi connectivity index (χ4n) is 0.881. The summed E-state index contributed by atoms with van der Waals surface area (Å²) in [6, 6.07) is 2.24. The molecule has 0 fully saturated rings. The second-order valence-corrected chi connectivity index (χ2v) is 3.30. The van der Waals surface area contributed by atoms with E-state index in [0.717, 1.165) is 17.3 Å². The van der Waals surface area contributed by atoms with Crippen LogP contribution in [0.5, 0.6) is 0 Å². The lowest BCUT2D eigenvalue weighted by molar-refractivity contribution is 0.552. The number of aromatic nitrogens is 1. The Morgan fingerprint density at radius 2 is 2.50 bits per heavy atom. The van der Waals surface area contributed by atoms with Gasteiger partial charge in [0.25, 0.3) is 0 Å². The van der Waals surface area contributed by atoms with E-state index in [9.17, 15) is 0 Å². The molecule has 0 saturated heterocycles. The molecule has 0 aliphatic rings. The van der Waals surface area contributed by atoms with Crippen LogP contribution >= 0.6 is 11.6 Å². The first-order chi connectivity index (χ1) is 5.72. The Morgan fingerprint density at radius 1 is 1.75 bits per heavy atom. The maximum absolute atomic E-state index is 5.73. The first-order valence-corrected chi connectivity index (χ1v) is 4.36. The average Bonchev–Trinajstić information content (AvgIpc) is 2.47. The summed E-state index contributed by atoms with van der Waals surface area (Å²) in [5, 5.41) is 3.99. The van der Waals surface area contributed by atoms with Crippen LogP contribution in [0.2, 0.25) is 5.02 Å². The van der Waals surface area contributed by atoms with Crippen molar-refractivity contribution in [3.63, 3.8) is 0 Å². The summed E-state index contributed by atoms with van der Waals surface area (Å²) >= 11 is 5.73. The molecule has 1 aromatic heterocycles. The molecule has 1 heterocycles. The molecule has 4 heteroatoms. The van der Waals surface area contributed by atoms with Crippen molar-refractivity contribution in [3.8, 4) is 0 Å². The Bertz CT molecular complexity index is 234. The highest BCUT2D eigenvalue weighted by atomic mass is 35.5. The molecule has 68 valence electrons. The van der Waals surface area contributed by atoms with Gasteiger partial charge in [0.05, 0.1) is 5.02 Å². The number of hydrogen-bond acceptors (Lipinski definition) is 2. The fourth-order valence-corrected chi connectivity index (χ4v) is 1.07. The highest BCUT2D eigenvalue weighted by molar-refractivity contribution is 6.30. The van der Waals surface area contributed by atoms with Gasteiger partial charge in [-0.1, -0.05) is 11.6 Å². The number of hydrogen-bond donors (Lipinski definition) is 3. The Hall–Kier alpha value is -0.510. The van der Waals surface area contributed by atoms with Crippen LogP contribution < -0.4 is 11.1 Å². The molecule has 0 bridgehead atoms. The van der Waals surface area contributed by atoms with E-state index in [1.165, 1.54) is 0 Å². The number of nitrogens with one attached hydrogen (secondary N) is 2. The number of H-pyrrole nitrogens is 1. The molecule has 1 aromatic rings. The lowest BCUT2D eigenvalue weighted by Crippen LogP contribution is -2.32. The van der Waals surface area contributed by atoms with Gasteiger partial charge in [0.2, 0.25) is 0 Å². The lowest BCUT2D eigenvalue weighted by Gasteiger charge is -2.09. The highest BCUT2D eigenvalue weighted by Gasteiger charge is 1.99. The van der Waals surface area contributed by atoms with Crippen LogP contribution in [0.3, 0.4) is 0 Å². The summed E-state index contributed by atoms with van der Waals surface area (Å²) < 4.78 is 0. The maximum atomic E-state index is 5.73. The molecule has 1 rings (SSSR count). The van der Waals surface area contributed by atoms with Crippen molar-refractivity contribution >= 4 is 11.6 Å². The Kier molecular flexibility index (Phi) is 3.59. The van der Waals surface area contributed by atoms with Crippen molar-refractivity contribution in [2.45, 2.75) is 19.5 Å². The Balaban J connectivity index is 2.33. The standard InChI is InChI=1S/C8H14ClN3/c1-6(3-10)11-5-8-2-7(9)4-12-8/h2,4,6,11-12H,3,5,10H2,1H3/t6-/m0/s1. The quantitative estimate of drug-likeness (QED) is 0.662. The van der Waals surface area contributed by atoms with Crippen LogP contribution in [-0.2, 0) is 6.54 Å². The smallest absolute Gasteiger partial charge is 0.0583 e. The zero-order valence-corrected chi connectivity index (χ0v) is 7.86. The van der Waals surface area contributed by atoms with Gasteiger partial charge in [-0.15, -0.1) is 0 Å². The van der Waals surface area contributed by atoms with Gasteiger partial charge in [-0.3, -0.25) is 0 Å². The van der Waals surface area contributed by atoms with Crippen LogP contribution in [0, 0.1) is 0 Å². The van der Waals surface area contributed by atoms with Crippen molar-refractivity contribution in [3.05, 3.63) is 23.0 Å². The van der Waals surface area contributed by atoms with Crippen LogP contribution in [0.25, 0.3) is 0 Å². The molecule has 0 radical (unpaired) electrons. The monoisotopic (exact) mass is 187 g/mol. The molecule has 4 N–H and O–H groups in total. The Morgan fingerprint density at radius 3 is 3.00 bits per heavy atom. The van der Waals surface area contributed by atoms with Gasteiger partial charge in [-0.2, -0.15) is 0 Å². The predicted octanol–water partition coefficient (Wildman–Crippen LogP) is 1.10. The first-order valence-electron chi connectivity index (χ1n) is 3.98. The average molecular weight is 188 g/mol. The molecule has 0 saturated carbocycles. The number of aromatic amines is 1. The van der Waals surface area contributed by atoms with Gasteiger partial charge < -0.3 is 16.0 Å². The van der Waals surface area contributed by atoms with E-state index >= 15 is 0 Å². The minimum Gasteiger partial charge on any atom is -0.363 e. The van der Waals surface area contributed by atoms with E-state index in [4.69, 9.17) is 17.3 Å². The number of halogens is 1. The van der Waals surface area contributed by atoms with Crippen molar-refractivity contribution in [2.75, 3.05) is 6.54 Å². The minimum atomic E-state index is 0.340. The van der Waals surface area contributed by atoms with Crippen LogP contribution in [0.15, 0.2) is 12.3 Å². The van der Waals surface area contributed by atoms with Crippen molar-refractivity contribution in [1.29, 1.82) is 0 Å². The third-order valence-corrected chi connectivity index (χ3v) is 1.92. The molecular weight excluding hydrogens is 174 g/mol. The Labute approximate surface area is 77.3 Å². The number of nitrogens with two attached hydrogens (primary N) is 1. The van der Waals surface area contributed by atoms with Gasteiger partial charge in [0.15, 0.2) is 0 Å². The van der Waals surface area contributed by atoms with E-state index in [-0.39, 0.29) is 0 Å². The summed E-state index contributed by atoms with van der Waals surface area (Å²) in [6.45, 7) is 3.48. The first kappa shape index (κ1) is 9.58. The van der Waals surface area contributed by atoms with Gasteiger partial charge in [-0.05, 0) is 13.0 Å². The third-order valence-electron chi connectivity index (χ3n) is 1.70. The lowest BCUT2D eigenvalue weighted by atomic mass is 10.3. The van der Waals surface area contributed by atoms with E-state index in [2.05, 4.69) is 10.3 Å². The molecule has 0 unspecified atom stereocenters. The zero-order valence-electron chi connectivity index (χ0n) is 7.10. The third kappa shape index (κ3) is 2.85. The van der Waals surface area contributed by atoms with Gasteiger partial charge in [0, 0.05) is 31.0 Å². The van der Waals surface area contributed by atoms with E-state index in [1.807, 2.05) is 13.0 Å².